The largest absolute Gasteiger partial charge is 0.375 e. The van der Waals surface area contributed by atoms with Gasteiger partial charge in [-0.1, -0.05) is 133 Å². The van der Waals surface area contributed by atoms with Gasteiger partial charge in [0.25, 0.3) is 0 Å². The molecule has 2 aliphatic heterocycles. The van der Waals surface area contributed by atoms with E-state index in [1.165, 1.54) is 123 Å². The monoisotopic (exact) mass is 730 g/mol. The quantitative estimate of drug-likeness (QED) is 0.153. The molecular weight excluding hydrogens is 704 g/mol. The molecule has 0 atom stereocenters. The molecule has 0 radical (unpaired) electrons. The van der Waals surface area contributed by atoms with Crippen molar-refractivity contribution >= 4 is 136 Å². The van der Waals surface area contributed by atoms with Gasteiger partial charge in [-0.2, -0.15) is 0 Å². The predicted octanol–water partition coefficient (Wildman–Crippen LogP) is 13.1. The fourth-order valence-electron chi connectivity index (χ4n) is 10.4. The third-order valence-electron chi connectivity index (χ3n) is 12.5. The number of fused-ring (bicyclic) bond motifs is 18. The predicted molar refractivity (Wildman–Crippen MR) is 241 cm³/mol. The molecule has 0 aliphatic carbocycles. The van der Waals surface area contributed by atoms with Crippen molar-refractivity contribution in [3.8, 4) is 16.8 Å². The van der Waals surface area contributed by atoms with E-state index in [0.717, 1.165) is 0 Å². The topological polar surface area (TPSA) is 8.17 Å². The van der Waals surface area contributed by atoms with Crippen LogP contribution in [0.2, 0.25) is 0 Å². The highest BCUT2D eigenvalue weighted by molar-refractivity contribution is 7.27. The minimum Gasteiger partial charge on any atom is -0.375 e. The molecule has 252 valence electrons. The average molecular weight is 731 g/mol. The van der Waals surface area contributed by atoms with Gasteiger partial charge < -0.3 is 9.38 Å². The third kappa shape index (κ3) is 3.52. The Balaban J connectivity index is 1.24. The van der Waals surface area contributed by atoms with Gasteiger partial charge in [0.05, 0.1) is 21.4 Å². The number of rotatable bonds is 1. The molecule has 2 aliphatic rings. The lowest BCUT2D eigenvalue weighted by atomic mass is 9.43. The van der Waals surface area contributed by atoms with E-state index in [9.17, 15) is 0 Å². The second-order valence-electron chi connectivity index (χ2n) is 15.1. The van der Waals surface area contributed by atoms with Crippen molar-refractivity contribution in [2.24, 2.45) is 0 Å². The zero-order valence-corrected chi connectivity index (χ0v) is 31.0. The lowest BCUT2D eigenvalue weighted by Gasteiger charge is -2.43. The Morgan fingerprint density at radius 3 is 1.87 bits per heavy atom. The van der Waals surface area contributed by atoms with E-state index >= 15 is 0 Å². The van der Waals surface area contributed by atoms with E-state index in [-0.39, 0.29) is 6.85 Å². The van der Waals surface area contributed by atoms with Crippen molar-refractivity contribution in [2.75, 3.05) is 4.81 Å². The van der Waals surface area contributed by atoms with Crippen LogP contribution >= 0.6 is 22.7 Å². The molecule has 5 heteroatoms. The van der Waals surface area contributed by atoms with Gasteiger partial charge in [-0.3, -0.25) is 0 Å². The fourth-order valence-corrected chi connectivity index (χ4v) is 12.8. The molecule has 0 unspecified atom stereocenters. The Labute approximate surface area is 323 Å². The number of aromatic nitrogens is 1. The minimum absolute atomic E-state index is 0.0449. The maximum absolute atomic E-state index is 2.73. The van der Waals surface area contributed by atoms with Gasteiger partial charge in [0.1, 0.15) is 0 Å². The standard InChI is InChI=1S/C50H27BN2S2/c1-3-13-30-28(11-1)23-24-35-34-17-9-19-39-47(34)52(46(30)35)48-31-14-4-2-12-29(31)27-38-44-40(26-25-37-33-16-6-8-22-43(33)55-50(37)44)53(51(39)45(38)48)41-20-10-18-36-32-15-5-7-21-42(32)54-49(36)41/h1-27H. The Morgan fingerprint density at radius 1 is 0.418 bits per heavy atom. The molecule has 0 saturated heterocycles. The first kappa shape index (κ1) is 29.0. The van der Waals surface area contributed by atoms with Gasteiger partial charge in [0.15, 0.2) is 0 Å². The highest BCUT2D eigenvalue weighted by Crippen LogP contribution is 2.53. The Hall–Kier alpha value is -6.40. The number of anilines is 2. The molecule has 0 N–H and O–H groups in total. The fraction of sp³-hybridized carbons (Fsp3) is 0. The molecular formula is C50H27BN2S2. The lowest BCUT2D eigenvalue weighted by Crippen LogP contribution is -2.60. The molecule has 9 aromatic carbocycles. The van der Waals surface area contributed by atoms with Crippen molar-refractivity contribution in [1.82, 2.24) is 4.57 Å². The van der Waals surface area contributed by atoms with Gasteiger partial charge in [0, 0.05) is 74.1 Å². The van der Waals surface area contributed by atoms with E-state index in [2.05, 4.69) is 173 Å². The number of para-hydroxylation sites is 1. The van der Waals surface area contributed by atoms with Crippen LogP contribution in [0.3, 0.4) is 0 Å². The van der Waals surface area contributed by atoms with Gasteiger partial charge >= 0.3 is 6.85 Å². The Kier molecular flexibility index (Phi) is 5.39. The van der Waals surface area contributed by atoms with Crippen molar-refractivity contribution in [3.63, 3.8) is 0 Å². The van der Waals surface area contributed by atoms with Crippen molar-refractivity contribution in [2.45, 2.75) is 0 Å². The Bertz CT molecular complexity index is 3700. The molecule has 0 saturated carbocycles. The first-order chi connectivity index (χ1) is 27.3. The normalized spacial score (nSPS) is 13.4. The molecule has 0 fully saturated rings. The van der Waals surface area contributed by atoms with Gasteiger partial charge in [-0.15, -0.1) is 22.7 Å². The van der Waals surface area contributed by atoms with E-state index in [1.54, 1.807) is 0 Å². The van der Waals surface area contributed by atoms with E-state index in [4.69, 9.17) is 0 Å². The van der Waals surface area contributed by atoms with Crippen molar-refractivity contribution in [1.29, 1.82) is 0 Å². The molecule has 5 heterocycles. The summed E-state index contributed by atoms with van der Waals surface area (Å²) in [4.78, 5) is 2.73. The van der Waals surface area contributed by atoms with Crippen LogP contribution in [-0.2, 0) is 0 Å². The van der Waals surface area contributed by atoms with E-state index in [1.807, 2.05) is 22.7 Å². The van der Waals surface area contributed by atoms with Gasteiger partial charge in [-0.25, -0.2) is 0 Å². The molecule has 12 aromatic rings. The highest BCUT2D eigenvalue weighted by Gasteiger charge is 2.45. The highest BCUT2D eigenvalue weighted by atomic mass is 32.1. The van der Waals surface area contributed by atoms with Crippen molar-refractivity contribution < 1.29 is 0 Å². The first-order valence-corrected chi connectivity index (χ1v) is 20.6. The van der Waals surface area contributed by atoms with Crippen LogP contribution < -0.4 is 15.7 Å². The maximum atomic E-state index is 2.73. The summed E-state index contributed by atoms with van der Waals surface area (Å²) in [6, 6.07) is 61.9. The second kappa shape index (κ2) is 10.2. The summed E-state index contributed by atoms with van der Waals surface area (Å²) < 4.78 is 8.01. The minimum atomic E-state index is -0.0449. The summed E-state index contributed by atoms with van der Waals surface area (Å²) in [5.41, 5.74) is 11.9. The third-order valence-corrected chi connectivity index (χ3v) is 14.9. The zero-order valence-electron chi connectivity index (χ0n) is 29.4. The van der Waals surface area contributed by atoms with Crippen LogP contribution in [0.25, 0.3) is 101 Å². The summed E-state index contributed by atoms with van der Waals surface area (Å²) in [6.45, 7) is -0.0449. The van der Waals surface area contributed by atoms with Crippen LogP contribution in [0, 0.1) is 0 Å². The molecule has 0 bridgehead atoms. The van der Waals surface area contributed by atoms with Crippen LogP contribution in [0.1, 0.15) is 0 Å². The molecule has 2 nitrogen and oxygen atoms in total. The van der Waals surface area contributed by atoms with Crippen LogP contribution in [0.15, 0.2) is 164 Å². The summed E-state index contributed by atoms with van der Waals surface area (Å²) in [5, 5.41) is 13.0. The van der Waals surface area contributed by atoms with Gasteiger partial charge in [-0.05, 0) is 57.6 Å². The molecule has 55 heavy (non-hydrogen) atoms. The first-order valence-electron chi connectivity index (χ1n) is 19.0. The smallest absolute Gasteiger partial charge is 0.333 e. The van der Waals surface area contributed by atoms with Crippen LogP contribution in [-0.4, -0.2) is 11.4 Å². The number of hydrogen-bond donors (Lipinski definition) is 0. The lowest BCUT2D eigenvalue weighted by molar-refractivity contribution is 1.20. The molecule has 0 spiro atoms. The number of thiophene rings is 2. The molecule has 14 rings (SSSR count). The van der Waals surface area contributed by atoms with E-state index in [0.29, 0.717) is 0 Å². The summed E-state index contributed by atoms with van der Waals surface area (Å²) in [7, 11) is 0. The molecule has 3 aromatic heterocycles. The van der Waals surface area contributed by atoms with Crippen molar-refractivity contribution in [3.05, 3.63) is 164 Å². The summed E-state index contributed by atoms with van der Waals surface area (Å²) >= 11 is 3.86. The number of hydrogen-bond acceptors (Lipinski definition) is 3. The van der Waals surface area contributed by atoms with Gasteiger partial charge in [0.2, 0.25) is 0 Å². The Morgan fingerprint density at radius 2 is 1.04 bits per heavy atom. The average Bonchev–Trinajstić information content (AvgIpc) is 3.92. The number of benzene rings is 9. The molecule has 0 amide bonds. The number of nitrogens with zero attached hydrogens (tertiary/aromatic N) is 2. The zero-order chi connectivity index (χ0) is 35.5. The van der Waals surface area contributed by atoms with Crippen LogP contribution in [0.4, 0.5) is 11.4 Å². The maximum Gasteiger partial charge on any atom is 0.333 e. The summed E-state index contributed by atoms with van der Waals surface area (Å²) in [5.74, 6) is 0. The SMILES string of the molecule is c1ccc2c3c4c(cc2c1)-c1c(ccc2c1sc1ccccc12)N(c1cccc2c1sc1ccccc12)B4c1cccc2c4ccc5ccccc5c4n-3c12. The van der Waals surface area contributed by atoms with Crippen LogP contribution in [0.5, 0.6) is 0 Å². The van der Waals surface area contributed by atoms with E-state index < -0.39 is 0 Å². The second-order valence-corrected chi connectivity index (χ2v) is 17.2. The summed E-state index contributed by atoms with van der Waals surface area (Å²) in [6.07, 6.45) is 0.